The molecule has 1 aromatic carbocycles. The molecule has 0 aliphatic carbocycles. The molecule has 0 aromatic heterocycles. The van der Waals surface area contributed by atoms with Gasteiger partial charge in [0, 0.05) is 29.9 Å². The van der Waals surface area contributed by atoms with Crippen molar-refractivity contribution in [3.8, 4) is 0 Å². The molecule has 1 aromatic rings. The van der Waals surface area contributed by atoms with Gasteiger partial charge in [0.1, 0.15) is 0 Å². The maximum absolute atomic E-state index is 6.25. The highest BCUT2D eigenvalue weighted by Gasteiger charge is 2.20. The zero-order valence-corrected chi connectivity index (χ0v) is 11.4. The van der Waals surface area contributed by atoms with Crippen molar-refractivity contribution < 1.29 is 0 Å². The van der Waals surface area contributed by atoms with E-state index in [1.165, 1.54) is 0 Å². The maximum Gasteiger partial charge on any atom is 0.0427 e. The van der Waals surface area contributed by atoms with Gasteiger partial charge in [0.2, 0.25) is 0 Å². The van der Waals surface area contributed by atoms with E-state index in [0.717, 1.165) is 18.8 Å². The highest BCUT2D eigenvalue weighted by molar-refractivity contribution is 5.42. The predicted molar refractivity (Wildman–Crippen MR) is 75.3 cm³/mol. The molecular formula is C14H25N3. The first-order valence-corrected chi connectivity index (χ1v) is 6.11. The van der Waals surface area contributed by atoms with E-state index in [4.69, 9.17) is 5.73 Å². The molecule has 0 fully saturated rings. The van der Waals surface area contributed by atoms with Crippen LogP contribution in [0.2, 0.25) is 0 Å². The van der Waals surface area contributed by atoms with Gasteiger partial charge in [0.05, 0.1) is 0 Å². The standard InChI is InChI=1S/C14H25N3/c1-13(2,3)17-11-14(4,15)10-16-12-8-6-5-7-9-12/h5-9,16-17H,10-11,15H2,1-4H3. The molecule has 17 heavy (non-hydrogen) atoms. The molecule has 0 saturated carbocycles. The van der Waals surface area contributed by atoms with Crippen LogP contribution in [0, 0.1) is 0 Å². The summed E-state index contributed by atoms with van der Waals surface area (Å²) in [6.07, 6.45) is 0. The van der Waals surface area contributed by atoms with Crippen molar-refractivity contribution in [3.05, 3.63) is 30.3 Å². The Hall–Kier alpha value is -1.06. The summed E-state index contributed by atoms with van der Waals surface area (Å²) in [5.74, 6) is 0. The summed E-state index contributed by atoms with van der Waals surface area (Å²) in [6, 6.07) is 10.1. The van der Waals surface area contributed by atoms with Crippen molar-refractivity contribution in [2.75, 3.05) is 18.4 Å². The number of hydrogen-bond donors (Lipinski definition) is 3. The van der Waals surface area contributed by atoms with Gasteiger partial charge in [-0.3, -0.25) is 0 Å². The lowest BCUT2D eigenvalue weighted by Crippen LogP contribution is -2.54. The second-order valence-corrected chi connectivity index (χ2v) is 5.98. The van der Waals surface area contributed by atoms with Crippen molar-refractivity contribution in [2.24, 2.45) is 5.73 Å². The summed E-state index contributed by atoms with van der Waals surface area (Å²) in [5.41, 5.74) is 7.20. The van der Waals surface area contributed by atoms with E-state index in [2.05, 4.69) is 38.3 Å². The molecule has 0 bridgehead atoms. The van der Waals surface area contributed by atoms with Crippen molar-refractivity contribution in [1.82, 2.24) is 5.32 Å². The molecule has 0 heterocycles. The molecule has 1 atom stereocenters. The van der Waals surface area contributed by atoms with Gasteiger partial charge in [-0.25, -0.2) is 0 Å². The molecule has 0 aliphatic rings. The van der Waals surface area contributed by atoms with E-state index in [1.807, 2.05) is 30.3 Å². The summed E-state index contributed by atoms with van der Waals surface area (Å²) in [6.45, 7) is 10.0. The lowest BCUT2D eigenvalue weighted by molar-refractivity contribution is 0.357. The lowest BCUT2D eigenvalue weighted by Gasteiger charge is -2.30. The van der Waals surface area contributed by atoms with E-state index in [-0.39, 0.29) is 11.1 Å². The maximum atomic E-state index is 6.25. The fourth-order valence-electron chi connectivity index (χ4n) is 1.39. The molecule has 1 unspecified atom stereocenters. The van der Waals surface area contributed by atoms with E-state index < -0.39 is 0 Å². The molecule has 3 nitrogen and oxygen atoms in total. The Balaban J connectivity index is 2.39. The SMILES string of the molecule is CC(N)(CNc1ccccc1)CNC(C)(C)C. The minimum absolute atomic E-state index is 0.105. The van der Waals surface area contributed by atoms with E-state index in [9.17, 15) is 0 Å². The van der Waals surface area contributed by atoms with Crippen molar-refractivity contribution in [3.63, 3.8) is 0 Å². The van der Waals surface area contributed by atoms with Crippen LogP contribution < -0.4 is 16.4 Å². The number of benzene rings is 1. The van der Waals surface area contributed by atoms with Crippen molar-refractivity contribution in [2.45, 2.75) is 38.8 Å². The van der Waals surface area contributed by atoms with Gasteiger partial charge in [-0.2, -0.15) is 0 Å². The van der Waals surface area contributed by atoms with E-state index in [0.29, 0.717) is 0 Å². The van der Waals surface area contributed by atoms with Gasteiger partial charge >= 0.3 is 0 Å². The first-order chi connectivity index (χ1) is 7.79. The second kappa shape index (κ2) is 5.52. The van der Waals surface area contributed by atoms with Crippen LogP contribution in [0.15, 0.2) is 30.3 Å². The predicted octanol–water partition coefficient (Wildman–Crippen LogP) is 2.20. The third-order valence-corrected chi connectivity index (χ3v) is 2.49. The van der Waals surface area contributed by atoms with Gasteiger partial charge in [0.25, 0.3) is 0 Å². The first-order valence-electron chi connectivity index (χ1n) is 6.11. The number of para-hydroxylation sites is 1. The van der Waals surface area contributed by atoms with Crippen LogP contribution in [-0.4, -0.2) is 24.2 Å². The number of nitrogens with one attached hydrogen (secondary N) is 2. The topological polar surface area (TPSA) is 50.1 Å². The molecular weight excluding hydrogens is 210 g/mol. The number of rotatable bonds is 5. The number of nitrogens with two attached hydrogens (primary N) is 1. The molecule has 4 N–H and O–H groups in total. The van der Waals surface area contributed by atoms with Crippen LogP contribution in [0.5, 0.6) is 0 Å². The quantitative estimate of drug-likeness (QED) is 0.733. The van der Waals surface area contributed by atoms with Crippen LogP contribution in [0.4, 0.5) is 5.69 Å². The summed E-state index contributed by atoms with van der Waals surface area (Å²) in [5, 5.41) is 6.79. The molecule has 0 aliphatic heterocycles. The smallest absolute Gasteiger partial charge is 0.0427 e. The fraction of sp³-hybridized carbons (Fsp3) is 0.571. The number of anilines is 1. The zero-order chi connectivity index (χ0) is 12.9. The van der Waals surface area contributed by atoms with E-state index in [1.54, 1.807) is 0 Å². The van der Waals surface area contributed by atoms with Gasteiger partial charge in [0.15, 0.2) is 0 Å². The zero-order valence-electron chi connectivity index (χ0n) is 11.4. The Bertz CT molecular complexity index is 325. The van der Waals surface area contributed by atoms with Gasteiger partial charge in [-0.1, -0.05) is 18.2 Å². The fourth-order valence-corrected chi connectivity index (χ4v) is 1.39. The Kier molecular flexibility index (Phi) is 4.54. The number of hydrogen-bond acceptors (Lipinski definition) is 3. The highest BCUT2D eigenvalue weighted by atomic mass is 15.0. The van der Waals surface area contributed by atoms with Crippen LogP contribution in [-0.2, 0) is 0 Å². The Morgan fingerprint density at radius 1 is 1.00 bits per heavy atom. The van der Waals surface area contributed by atoms with Gasteiger partial charge < -0.3 is 16.4 Å². The Morgan fingerprint density at radius 3 is 2.12 bits per heavy atom. The van der Waals surface area contributed by atoms with Crippen LogP contribution >= 0.6 is 0 Å². The van der Waals surface area contributed by atoms with Crippen LogP contribution in [0.1, 0.15) is 27.7 Å². The third kappa shape index (κ3) is 6.29. The third-order valence-electron chi connectivity index (χ3n) is 2.49. The average Bonchev–Trinajstić information content (AvgIpc) is 2.25. The highest BCUT2D eigenvalue weighted by Crippen LogP contribution is 2.08. The molecule has 0 saturated heterocycles. The van der Waals surface area contributed by atoms with Gasteiger partial charge in [-0.05, 0) is 39.8 Å². The second-order valence-electron chi connectivity index (χ2n) is 5.98. The summed E-state index contributed by atoms with van der Waals surface area (Å²) in [7, 11) is 0. The molecule has 0 radical (unpaired) electrons. The van der Waals surface area contributed by atoms with Crippen LogP contribution in [0.25, 0.3) is 0 Å². The van der Waals surface area contributed by atoms with Crippen molar-refractivity contribution >= 4 is 5.69 Å². The van der Waals surface area contributed by atoms with Crippen molar-refractivity contribution in [1.29, 1.82) is 0 Å². The van der Waals surface area contributed by atoms with Crippen LogP contribution in [0.3, 0.4) is 0 Å². The molecule has 0 amide bonds. The summed E-state index contributed by atoms with van der Waals surface area (Å²) < 4.78 is 0. The Morgan fingerprint density at radius 2 is 1.59 bits per heavy atom. The average molecular weight is 235 g/mol. The minimum Gasteiger partial charge on any atom is -0.383 e. The molecule has 1 rings (SSSR count). The lowest BCUT2D eigenvalue weighted by atomic mass is 10.0. The Labute approximate surface area is 105 Å². The molecule has 3 heteroatoms. The normalized spacial score (nSPS) is 15.4. The summed E-state index contributed by atoms with van der Waals surface area (Å²) >= 11 is 0. The van der Waals surface area contributed by atoms with Gasteiger partial charge in [-0.15, -0.1) is 0 Å². The molecule has 96 valence electrons. The molecule has 0 spiro atoms. The minimum atomic E-state index is -0.261. The summed E-state index contributed by atoms with van der Waals surface area (Å²) in [4.78, 5) is 0. The monoisotopic (exact) mass is 235 g/mol. The largest absolute Gasteiger partial charge is 0.383 e. The first kappa shape index (κ1) is 14.0. The van der Waals surface area contributed by atoms with E-state index >= 15 is 0 Å².